The van der Waals surface area contributed by atoms with Crippen molar-refractivity contribution in [2.24, 2.45) is 5.92 Å². The second-order valence-corrected chi connectivity index (χ2v) is 9.10. The van der Waals surface area contributed by atoms with Gasteiger partial charge in [-0.15, -0.1) is 0 Å². The largest absolute Gasteiger partial charge is 0.419 e. The van der Waals surface area contributed by atoms with Gasteiger partial charge < -0.3 is 16.4 Å². The van der Waals surface area contributed by atoms with Gasteiger partial charge in [0.25, 0.3) is 5.91 Å². The fourth-order valence-electron chi connectivity index (χ4n) is 5.21. The second kappa shape index (κ2) is 8.26. The Morgan fingerprint density at radius 1 is 1.11 bits per heavy atom. The Hall–Kier alpha value is -4.06. The van der Waals surface area contributed by atoms with Gasteiger partial charge in [-0.2, -0.15) is 18.3 Å². The normalized spacial score (nSPS) is 21.2. The number of pyridine rings is 1. The van der Waals surface area contributed by atoms with Crippen molar-refractivity contribution in [3.8, 4) is 11.3 Å². The number of benzene rings is 1. The van der Waals surface area contributed by atoms with Crippen molar-refractivity contribution in [2.45, 2.75) is 31.1 Å². The van der Waals surface area contributed by atoms with Gasteiger partial charge in [0.2, 0.25) is 0 Å². The monoisotopic (exact) mass is 494 g/mol. The third-order valence-corrected chi connectivity index (χ3v) is 6.89. The van der Waals surface area contributed by atoms with Crippen LogP contribution in [0.15, 0.2) is 48.9 Å². The molecule has 1 aromatic carbocycles. The summed E-state index contributed by atoms with van der Waals surface area (Å²) in [6.07, 6.45) is 0.0629. The van der Waals surface area contributed by atoms with E-state index in [1.54, 1.807) is 12.1 Å². The molecule has 0 unspecified atom stereocenters. The Balaban J connectivity index is 1.32. The van der Waals surface area contributed by atoms with E-state index in [1.807, 2.05) is 4.68 Å². The zero-order valence-corrected chi connectivity index (χ0v) is 18.8. The standard InChI is InChI=1S/C24H21F3N8O/c25-24(26,27)15-2-1-7-29-21(15)33-23(36)14-5-3-13(4-6-14)19-18-20(28)31-11-32-22(18)35(34-19)17-9-12-8-16(17)30-10-12/h1-7,11-12,16-17,30H,8-10H2,(H2,28,31,32)(H,29,33,36)/t12-,16+,17+/m1/s1. The van der Waals surface area contributed by atoms with Crippen molar-refractivity contribution >= 4 is 28.6 Å². The third kappa shape index (κ3) is 3.73. The molecule has 6 rings (SSSR count). The summed E-state index contributed by atoms with van der Waals surface area (Å²) in [5, 5.41) is 11.3. The van der Waals surface area contributed by atoms with Crippen LogP contribution in [0.25, 0.3) is 22.3 Å². The number of fused-ring (bicyclic) bond motifs is 3. The van der Waals surface area contributed by atoms with Gasteiger partial charge in [-0.05, 0) is 49.6 Å². The number of nitrogen functional groups attached to an aromatic ring is 1. The zero-order chi connectivity index (χ0) is 25.0. The number of halogens is 3. The van der Waals surface area contributed by atoms with Crippen LogP contribution in [0.4, 0.5) is 24.8 Å². The van der Waals surface area contributed by atoms with Crippen LogP contribution in [-0.4, -0.2) is 43.2 Å². The molecule has 3 atom stereocenters. The minimum Gasteiger partial charge on any atom is -0.383 e. The Labute approximate surface area is 202 Å². The SMILES string of the molecule is Nc1ncnc2c1c(-c1ccc(C(=O)Nc3ncccc3C(F)(F)F)cc1)nn2[C@H]1C[C@@H]2CN[C@H]1C2. The molecule has 12 heteroatoms. The predicted molar refractivity (Wildman–Crippen MR) is 126 cm³/mol. The lowest BCUT2D eigenvalue weighted by Crippen LogP contribution is -2.35. The Kier molecular flexibility index (Phi) is 5.14. The molecule has 2 fully saturated rings. The first-order chi connectivity index (χ1) is 17.3. The highest BCUT2D eigenvalue weighted by molar-refractivity contribution is 6.05. The van der Waals surface area contributed by atoms with Gasteiger partial charge in [0.05, 0.1) is 17.0 Å². The molecule has 184 valence electrons. The smallest absolute Gasteiger partial charge is 0.383 e. The molecule has 0 radical (unpaired) electrons. The van der Waals surface area contributed by atoms with Crippen molar-refractivity contribution in [1.29, 1.82) is 0 Å². The molecule has 4 N–H and O–H groups in total. The van der Waals surface area contributed by atoms with Gasteiger partial charge in [-0.25, -0.2) is 19.6 Å². The van der Waals surface area contributed by atoms with E-state index in [9.17, 15) is 18.0 Å². The topological polar surface area (TPSA) is 124 Å². The van der Waals surface area contributed by atoms with Gasteiger partial charge >= 0.3 is 6.18 Å². The molecular weight excluding hydrogens is 473 g/mol. The molecule has 36 heavy (non-hydrogen) atoms. The van der Waals surface area contributed by atoms with Crippen LogP contribution in [0.5, 0.6) is 0 Å². The Morgan fingerprint density at radius 3 is 2.61 bits per heavy atom. The molecule has 1 aliphatic carbocycles. The number of amides is 1. The molecule has 1 saturated carbocycles. The maximum atomic E-state index is 13.2. The van der Waals surface area contributed by atoms with Crippen LogP contribution in [0, 0.1) is 5.92 Å². The molecule has 2 bridgehead atoms. The number of rotatable bonds is 4. The number of nitrogens with zero attached hydrogens (tertiary/aromatic N) is 5. The summed E-state index contributed by atoms with van der Waals surface area (Å²) in [6, 6.07) is 8.90. The molecule has 1 amide bonds. The molecule has 1 aliphatic heterocycles. The number of alkyl halides is 3. The van der Waals surface area contributed by atoms with Crippen LogP contribution < -0.4 is 16.4 Å². The summed E-state index contributed by atoms with van der Waals surface area (Å²) in [4.78, 5) is 24.9. The van der Waals surface area contributed by atoms with E-state index >= 15 is 0 Å². The van der Waals surface area contributed by atoms with Gasteiger partial charge in [0.1, 0.15) is 23.7 Å². The van der Waals surface area contributed by atoms with Crippen LogP contribution in [0.2, 0.25) is 0 Å². The number of nitrogens with two attached hydrogens (primary N) is 1. The number of hydrogen-bond donors (Lipinski definition) is 3. The van der Waals surface area contributed by atoms with Gasteiger partial charge in [0.15, 0.2) is 5.65 Å². The maximum absolute atomic E-state index is 13.2. The molecular formula is C24H21F3N8O. The van der Waals surface area contributed by atoms with Crippen LogP contribution in [0.3, 0.4) is 0 Å². The molecule has 1 saturated heterocycles. The number of aromatic nitrogens is 5. The number of carbonyl (C=O) groups excluding carboxylic acids is 1. The fraction of sp³-hybridized carbons (Fsp3) is 0.292. The first-order valence-electron chi connectivity index (χ1n) is 11.5. The zero-order valence-electron chi connectivity index (χ0n) is 18.8. The first-order valence-corrected chi connectivity index (χ1v) is 11.5. The third-order valence-electron chi connectivity index (χ3n) is 6.89. The molecule has 2 aliphatic rings. The molecule has 0 spiro atoms. The number of hydrogen-bond acceptors (Lipinski definition) is 7. The van der Waals surface area contributed by atoms with Crippen LogP contribution in [-0.2, 0) is 6.18 Å². The summed E-state index contributed by atoms with van der Waals surface area (Å²) < 4.78 is 41.6. The summed E-state index contributed by atoms with van der Waals surface area (Å²) in [5.74, 6) is -0.351. The summed E-state index contributed by atoms with van der Waals surface area (Å²) >= 11 is 0. The number of anilines is 2. The Morgan fingerprint density at radius 2 is 1.92 bits per heavy atom. The summed E-state index contributed by atoms with van der Waals surface area (Å²) in [5.41, 5.74) is 7.28. The highest BCUT2D eigenvalue weighted by atomic mass is 19.4. The minimum atomic E-state index is -4.64. The summed E-state index contributed by atoms with van der Waals surface area (Å²) in [7, 11) is 0. The van der Waals surface area contributed by atoms with E-state index in [-0.39, 0.29) is 11.6 Å². The van der Waals surface area contributed by atoms with E-state index in [2.05, 4.69) is 25.6 Å². The van der Waals surface area contributed by atoms with E-state index in [0.29, 0.717) is 40.1 Å². The predicted octanol–water partition coefficient (Wildman–Crippen LogP) is 3.66. The quantitative estimate of drug-likeness (QED) is 0.396. The molecule has 4 heterocycles. The molecule has 9 nitrogen and oxygen atoms in total. The van der Waals surface area contributed by atoms with Crippen LogP contribution >= 0.6 is 0 Å². The first kappa shape index (κ1) is 22.4. The lowest BCUT2D eigenvalue weighted by Gasteiger charge is -2.23. The van der Waals surface area contributed by atoms with Crippen molar-refractivity contribution in [3.05, 3.63) is 60.0 Å². The average molecular weight is 494 g/mol. The number of carbonyl (C=O) groups is 1. The average Bonchev–Trinajstić information content (AvgIpc) is 3.59. The van der Waals surface area contributed by atoms with E-state index in [1.165, 1.54) is 30.7 Å². The minimum absolute atomic E-state index is 0.153. The van der Waals surface area contributed by atoms with Crippen LogP contribution in [0.1, 0.15) is 34.8 Å². The lowest BCUT2D eigenvalue weighted by molar-refractivity contribution is -0.137. The van der Waals surface area contributed by atoms with E-state index in [0.717, 1.165) is 25.5 Å². The summed E-state index contributed by atoms with van der Waals surface area (Å²) in [6.45, 7) is 1.01. The van der Waals surface area contributed by atoms with Gasteiger partial charge in [-0.3, -0.25) is 4.79 Å². The molecule has 4 aromatic rings. The van der Waals surface area contributed by atoms with Crippen molar-refractivity contribution < 1.29 is 18.0 Å². The Bertz CT molecular complexity index is 1470. The highest BCUT2D eigenvalue weighted by Gasteiger charge is 2.42. The van der Waals surface area contributed by atoms with Crippen molar-refractivity contribution in [2.75, 3.05) is 17.6 Å². The highest BCUT2D eigenvalue weighted by Crippen LogP contribution is 2.42. The molecule has 3 aromatic heterocycles. The van der Waals surface area contributed by atoms with Gasteiger partial charge in [-0.1, -0.05) is 12.1 Å². The maximum Gasteiger partial charge on any atom is 0.419 e. The van der Waals surface area contributed by atoms with E-state index in [4.69, 9.17) is 10.8 Å². The van der Waals surface area contributed by atoms with Gasteiger partial charge in [0, 0.05) is 23.4 Å². The van der Waals surface area contributed by atoms with Crippen molar-refractivity contribution in [3.63, 3.8) is 0 Å². The fourth-order valence-corrected chi connectivity index (χ4v) is 5.21. The number of piperidine rings is 1. The second-order valence-electron chi connectivity index (χ2n) is 9.10. The van der Waals surface area contributed by atoms with Crippen molar-refractivity contribution in [1.82, 2.24) is 30.0 Å². The van der Waals surface area contributed by atoms with E-state index < -0.39 is 23.5 Å². The lowest BCUT2D eigenvalue weighted by atomic mass is 10.1. The number of nitrogens with one attached hydrogen (secondary N) is 2.